The summed E-state index contributed by atoms with van der Waals surface area (Å²) in [5, 5.41) is 9.66. The molecule has 0 fully saturated rings. The number of nitrogens with zero attached hydrogens (tertiary/aromatic N) is 1. The van der Waals surface area contributed by atoms with Crippen LogP contribution in [0.15, 0.2) is 23.2 Å². The fraction of sp³-hybridized carbons (Fsp3) is 0.385. The number of amidine groups is 1. The summed E-state index contributed by atoms with van der Waals surface area (Å²) < 4.78 is 4.74. The van der Waals surface area contributed by atoms with Crippen molar-refractivity contribution in [1.82, 2.24) is 0 Å². The molecule has 0 radical (unpaired) electrons. The topological polar surface area (TPSA) is 84.9 Å². The van der Waals surface area contributed by atoms with E-state index in [2.05, 4.69) is 4.99 Å². The third-order valence-corrected chi connectivity index (χ3v) is 2.36. The second kappa shape index (κ2) is 6.16. The first-order valence-electron chi connectivity index (χ1n) is 5.75. The Bertz CT molecular complexity index is 467. The fourth-order valence-electron chi connectivity index (χ4n) is 1.49. The minimum Gasteiger partial charge on any atom is -0.460 e. The largest absolute Gasteiger partial charge is 0.460 e. The Morgan fingerprint density at radius 2 is 2.22 bits per heavy atom. The highest BCUT2D eigenvalue weighted by atomic mass is 16.5. The van der Waals surface area contributed by atoms with Crippen LogP contribution in [0.3, 0.4) is 0 Å². The predicted molar refractivity (Wildman–Crippen MR) is 69.7 cm³/mol. The van der Waals surface area contributed by atoms with E-state index in [0.29, 0.717) is 11.3 Å². The Balaban J connectivity index is 3.10. The lowest BCUT2D eigenvalue weighted by Crippen LogP contribution is -2.25. The molecule has 0 aliphatic heterocycles. The van der Waals surface area contributed by atoms with Crippen molar-refractivity contribution >= 4 is 17.5 Å². The number of carbonyl (C=O) groups excluding carboxylic acids is 1. The molecule has 0 aromatic heterocycles. The molecule has 0 heterocycles. The molecule has 5 nitrogen and oxygen atoms in total. The van der Waals surface area contributed by atoms with Gasteiger partial charge in [-0.25, -0.2) is 9.79 Å². The van der Waals surface area contributed by atoms with Gasteiger partial charge in [0.1, 0.15) is 0 Å². The van der Waals surface area contributed by atoms with E-state index >= 15 is 0 Å². The molecule has 0 saturated heterocycles. The summed E-state index contributed by atoms with van der Waals surface area (Å²) >= 11 is 0. The number of hydrogen-bond donors (Lipinski definition) is 2. The highest BCUT2D eigenvalue weighted by Gasteiger charge is 2.12. The monoisotopic (exact) mass is 250 g/mol. The number of esters is 1. The van der Waals surface area contributed by atoms with Crippen molar-refractivity contribution in [3.8, 4) is 0 Å². The van der Waals surface area contributed by atoms with Crippen molar-refractivity contribution in [2.45, 2.75) is 26.9 Å². The Morgan fingerprint density at radius 3 is 2.78 bits per heavy atom. The minimum atomic E-state index is -0.682. The van der Waals surface area contributed by atoms with Crippen LogP contribution in [0.25, 0.3) is 0 Å². The highest BCUT2D eigenvalue weighted by molar-refractivity contribution is 6.35. The molecule has 0 bridgehead atoms. The lowest BCUT2D eigenvalue weighted by Gasteiger charge is -2.10. The SMILES string of the molecule is CCOC(=O)C(N)=Nc1ccc(C)cc1C(C)O. The van der Waals surface area contributed by atoms with Crippen molar-refractivity contribution in [2.75, 3.05) is 6.61 Å². The van der Waals surface area contributed by atoms with Crippen LogP contribution in [0, 0.1) is 6.92 Å². The number of carbonyl (C=O) groups is 1. The molecule has 1 atom stereocenters. The van der Waals surface area contributed by atoms with Gasteiger partial charge in [0.25, 0.3) is 0 Å². The zero-order valence-corrected chi connectivity index (χ0v) is 10.8. The zero-order chi connectivity index (χ0) is 13.7. The number of benzene rings is 1. The number of rotatable bonds is 3. The second-order valence-corrected chi connectivity index (χ2v) is 3.96. The van der Waals surface area contributed by atoms with Gasteiger partial charge in [-0.2, -0.15) is 0 Å². The summed E-state index contributed by atoms with van der Waals surface area (Å²) in [6.07, 6.45) is -0.682. The van der Waals surface area contributed by atoms with E-state index in [1.807, 2.05) is 19.1 Å². The molecule has 0 saturated carbocycles. The van der Waals surface area contributed by atoms with Crippen molar-refractivity contribution in [2.24, 2.45) is 10.7 Å². The van der Waals surface area contributed by atoms with Crippen LogP contribution in [0.2, 0.25) is 0 Å². The van der Waals surface area contributed by atoms with E-state index < -0.39 is 12.1 Å². The van der Waals surface area contributed by atoms with Crippen molar-refractivity contribution in [1.29, 1.82) is 0 Å². The summed E-state index contributed by atoms with van der Waals surface area (Å²) in [5.41, 5.74) is 7.64. The molecule has 1 unspecified atom stereocenters. The fourth-order valence-corrected chi connectivity index (χ4v) is 1.49. The van der Waals surface area contributed by atoms with E-state index in [1.165, 1.54) is 0 Å². The minimum absolute atomic E-state index is 0.220. The Morgan fingerprint density at radius 1 is 1.56 bits per heavy atom. The van der Waals surface area contributed by atoms with Crippen molar-refractivity contribution in [3.05, 3.63) is 29.3 Å². The van der Waals surface area contributed by atoms with E-state index in [4.69, 9.17) is 10.5 Å². The molecule has 18 heavy (non-hydrogen) atoms. The summed E-state index contributed by atoms with van der Waals surface area (Å²) in [6, 6.07) is 5.36. The molecule has 98 valence electrons. The van der Waals surface area contributed by atoms with Gasteiger partial charge < -0.3 is 15.6 Å². The second-order valence-electron chi connectivity index (χ2n) is 3.96. The first-order valence-corrected chi connectivity index (χ1v) is 5.75. The van der Waals surface area contributed by atoms with Crippen LogP contribution in [0.4, 0.5) is 5.69 Å². The Hall–Kier alpha value is -1.88. The van der Waals surface area contributed by atoms with Gasteiger partial charge in [0.2, 0.25) is 5.84 Å². The Labute approximate surface area is 106 Å². The van der Waals surface area contributed by atoms with E-state index in [0.717, 1.165) is 5.56 Å². The summed E-state index contributed by atoms with van der Waals surface area (Å²) in [5.74, 6) is -0.878. The first kappa shape index (κ1) is 14.2. The van der Waals surface area contributed by atoms with Crippen LogP contribution < -0.4 is 5.73 Å². The predicted octanol–water partition coefficient (Wildman–Crippen LogP) is 1.60. The molecule has 5 heteroatoms. The number of nitrogens with two attached hydrogens (primary N) is 1. The van der Waals surface area contributed by atoms with Crippen LogP contribution in [-0.4, -0.2) is 23.5 Å². The van der Waals surface area contributed by atoms with Crippen molar-refractivity contribution < 1.29 is 14.6 Å². The average Bonchev–Trinajstić information content (AvgIpc) is 2.31. The van der Waals surface area contributed by atoms with Crippen LogP contribution in [-0.2, 0) is 9.53 Å². The summed E-state index contributed by atoms with van der Waals surface area (Å²) in [4.78, 5) is 15.4. The molecule has 1 aromatic carbocycles. The first-order chi connectivity index (χ1) is 8.45. The number of aliphatic hydroxyl groups excluding tert-OH is 1. The summed E-state index contributed by atoms with van der Waals surface area (Å²) in [6.45, 7) is 5.48. The van der Waals surface area contributed by atoms with Gasteiger partial charge >= 0.3 is 5.97 Å². The van der Waals surface area contributed by atoms with Gasteiger partial charge in [-0.05, 0) is 26.8 Å². The molecule has 3 N–H and O–H groups in total. The summed E-state index contributed by atoms with van der Waals surface area (Å²) in [7, 11) is 0. The molecule has 1 rings (SSSR count). The van der Waals surface area contributed by atoms with Crippen molar-refractivity contribution in [3.63, 3.8) is 0 Å². The van der Waals surface area contributed by atoms with Gasteiger partial charge in [-0.15, -0.1) is 0 Å². The number of aliphatic hydroxyl groups is 1. The number of aliphatic imine (C=N–C) groups is 1. The number of aryl methyl sites for hydroxylation is 1. The van der Waals surface area contributed by atoms with Gasteiger partial charge in [0, 0.05) is 5.56 Å². The standard InChI is InChI=1S/C13H18N2O3/c1-4-18-13(17)12(14)15-11-6-5-8(2)7-10(11)9(3)16/h5-7,9,16H,4H2,1-3H3,(H2,14,15). The van der Waals surface area contributed by atoms with Crippen LogP contribution >= 0.6 is 0 Å². The molecule has 0 spiro atoms. The maximum Gasteiger partial charge on any atom is 0.373 e. The van der Waals surface area contributed by atoms with Gasteiger partial charge in [0.15, 0.2) is 0 Å². The Kier molecular flexibility index (Phi) is 4.85. The molecule has 1 aromatic rings. The van der Waals surface area contributed by atoms with Gasteiger partial charge in [-0.1, -0.05) is 17.7 Å². The smallest absolute Gasteiger partial charge is 0.373 e. The zero-order valence-electron chi connectivity index (χ0n) is 10.8. The maximum atomic E-state index is 11.4. The molecule has 0 amide bonds. The molecule has 0 aliphatic rings. The quantitative estimate of drug-likeness (QED) is 0.485. The third kappa shape index (κ3) is 3.56. The molecular weight excluding hydrogens is 232 g/mol. The van der Waals surface area contributed by atoms with Crippen LogP contribution in [0.1, 0.15) is 31.1 Å². The lowest BCUT2D eigenvalue weighted by molar-refractivity contribution is -0.135. The molecule has 0 aliphatic carbocycles. The van der Waals surface area contributed by atoms with E-state index in [1.54, 1.807) is 19.9 Å². The third-order valence-electron chi connectivity index (χ3n) is 2.36. The van der Waals surface area contributed by atoms with E-state index in [-0.39, 0.29) is 12.4 Å². The molecular formula is C13H18N2O3. The highest BCUT2D eigenvalue weighted by Crippen LogP contribution is 2.26. The number of hydrogen-bond acceptors (Lipinski definition) is 4. The maximum absolute atomic E-state index is 11.4. The van der Waals surface area contributed by atoms with Crippen LogP contribution in [0.5, 0.6) is 0 Å². The lowest BCUT2D eigenvalue weighted by atomic mass is 10.1. The number of ether oxygens (including phenoxy) is 1. The van der Waals surface area contributed by atoms with Gasteiger partial charge in [-0.3, -0.25) is 0 Å². The average molecular weight is 250 g/mol. The normalized spacial score (nSPS) is 13.2. The van der Waals surface area contributed by atoms with Gasteiger partial charge in [0.05, 0.1) is 18.4 Å². The van der Waals surface area contributed by atoms with E-state index in [9.17, 15) is 9.90 Å².